The number of carbonyl (C=O) groups is 1. The van der Waals surface area contributed by atoms with Crippen LogP contribution in [0.2, 0.25) is 0 Å². The van der Waals surface area contributed by atoms with E-state index in [1.54, 1.807) is 42.5 Å². The van der Waals surface area contributed by atoms with Crippen LogP contribution < -0.4 is 15.8 Å². The highest BCUT2D eigenvalue weighted by Crippen LogP contribution is 2.47. The second-order valence-electron chi connectivity index (χ2n) is 7.42. The minimum Gasteiger partial charge on any atom is -0.327 e. The molecular formula is C20H23N3O3S. The number of carbonyl (C=O) groups excluding carboxylic acids is 1. The van der Waals surface area contributed by atoms with Crippen molar-refractivity contribution in [3.05, 3.63) is 54.6 Å². The number of anilines is 2. The summed E-state index contributed by atoms with van der Waals surface area (Å²) >= 11 is 0. The number of rotatable bonds is 5. The first-order chi connectivity index (χ1) is 12.9. The van der Waals surface area contributed by atoms with E-state index in [1.165, 1.54) is 12.1 Å². The number of nitrogens with two attached hydrogens (primary N) is 1. The van der Waals surface area contributed by atoms with Crippen LogP contribution >= 0.6 is 0 Å². The van der Waals surface area contributed by atoms with E-state index in [1.807, 2.05) is 0 Å². The first-order valence-electron chi connectivity index (χ1n) is 9.18. The molecule has 0 aliphatic heterocycles. The van der Waals surface area contributed by atoms with Gasteiger partial charge in [-0.05, 0) is 61.4 Å². The molecule has 4 N–H and O–H groups in total. The number of hydrogen-bond donors (Lipinski definition) is 3. The fourth-order valence-corrected chi connectivity index (χ4v) is 5.50. The molecule has 2 aromatic rings. The van der Waals surface area contributed by atoms with Gasteiger partial charge in [-0.2, -0.15) is 0 Å². The smallest absolute Gasteiger partial charge is 0.261 e. The molecule has 2 fully saturated rings. The molecule has 4 atom stereocenters. The summed E-state index contributed by atoms with van der Waals surface area (Å²) in [4.78, 5) is 12.9. The Labute approximate surface area is 159 Å². The molecule has 2 aliphatic carbocycles. The minimum atomic E-state index is -3.67. The first-order valence-corrected chi connectivity index (χ1v) is 10.7. The van der Waals surface area contributed by atoms with E-state index in [4.69, 9.17) is 5.73 Å². The van der Waals surface area contributed by atoms with Crippen molar-refractivity contribution in [3.8, 4) is 0 Å². The SMILES string of the molecule is NC1C2CCC(C2)C1C(=O)Nc1cccc(NS(=O)(=O)c2ccccc2)c1. The lowest BCUT2D eigenvalue weighted by Gasteiger charge is -2.27. The van der Waals surface area contributed by atoms with E-state index in [2.05, 4.69) is 10.0 Å². The maximum Gasteiger partial charge on any atom is 0.261 e. The largest absolute Gasteiger partial charge is 0.327 e. The van der Waals surface area contributed by atoms with E-state index in [-0.39, 0.29) is 22.8 Å². The topological polar surface area (TPSA) is 101 Å². The fourth-order valence-electron chi connectivity index (χ4n) is 4.42. The number of hydrogen-bond acceptors (Lipinski definition) is 4. The van der Waals surface area contributed by atoms with E-state index < -0.39 is 10.0 Å². The van der Waals surface area contributed by atoms with Crippen LogP contribution in [0.5, 0.6) is 0 Å². The van der Waals surface area contributed by atoms with Crippen molar-refractivity contribution in [2.75, 3.05) is 10.0 Å². The van der Waals surface area contributed by atoms with Gasteiger partial charge in [0.2, 0.25) is 5.91 Å². The molecule has 0 heterocycles. The molecular weight excluding hydrogens is 362 g/mol. The standard InChI is InChI=1S/C20H23N3O3S/c21-19-14-10-9-13(11-14)18(19)20(24)22-15-5-4-6-16(12-15)23-27(25,26)17-7-2-1-3-8-17/h1-8,12-14,18-19,23H,9-11,21H2,(H,22,24). The first kappa shape index (κ1) is 18.0. The lowest BCUT2D eigenvalue weighted by Crippen LogP contribution is -2.42. The molecule has 2 bridgehead atoms. The lowest BCUT2D eigenvalue weighted by atomic mass is 9.84. The molecule has 1 amide bonds. The van der Waals surface area contributed by atoms with Crippen molar-refractivity contribution < 1.29 is 13.2 Å². The summed E-state index contributed by atoms with van der Waals surface area (Å²) in [7, 11) is -3.67. The molecule has 7 heteroatoms. The van der Waals surface area contributed by atoms with Gasteiger partial charge in [0.25, 0.3) is 10.0 Å². The molecule has 0 spiro atoms. The number of fused-ring (bicyclic) bond motifs is 2. The van der Waals surface area contributed by atoms with Gasteiger partial charge in [-0.1, -0.05) is 24.3 Å². The van der Waals surface area contributed by atoms with Crippen LogP contribution in [0.3, 0.4) is 0 Å². The van der Waals surface area contributed by atoms with Crippen molar-refractivity contribution >= 4 is 27.3 Å². The van der Waals surface area contributed by atoms with Crippen molar-refractivity contribution in [3.63, 3.8) is 0 Å². The molecule has 142 valence electrons. The van der Waals surface area contributed by atoms with Gasteiger partial charge in [-0.25, -0.2) is 8.42 Å². The summed E-state index contributed by atoms with van der Waals surface area (Å²) in [5.74, 6) is 0.589. The molecule has 0 aromatic heterocycles. The summed E-state index contributed by atoms with van der Waals surface area (Å²) < 4.78 is 27.5. The van der Waals surface area contributed by atoms with Gasteiger partial charge in [0.05, 0.1) is 16.5 Å². The maximum atomic E-state index is 12.7. The highest BCUT2D eigenvalue weighted by molar-refractivity contribution is 7.92. The Balaban J connectivity index is 1.47. The van der Waals surface area contributed by atoms with Crippen molar-refractivity contribution in [2.24, 2.45) is 23.5 Å². The minimum absolute atomic E-state index is 0.0715. The molecule has 6 nitrogen and oxygen atoms in total. The predicted octanol–water partition coefficient (Wildman–Crippen LogP) is 2.80. The van der Waals surface area contributed by atoms with Gasteiger partial charge in [-0.15, -0.1) is 0 Å². The molecule has 2 saturated carbocycles. The summed E-state index contributed by atoms with van der Waals surface area (Å²) in [6, 6.07) is 14.8. The zero-order chi connectivity index (χ0) is 19.0. The van der Waals surface area contributed by atoms with Crippen LogP contribution in [-0.4, -0.2) is 20.4 Å². The average molecular weight is 385 g/mol. The molecule has 27 heavy (non-hydrogen) atoms. The van der Waals surface area contributed by atoms with Crippen molar-refractivity contribution in [1.82, 2.24) is 0 Å². The van der Waals surface area contributed by atoms with Crippen LogP contribution in [0.4, 0.5) is 11.4 Å². The van der Waals surface area contributed by atoms with Gasteiger partial charge in [-0.3, -0.25) is 9.52 Å². The zero-order valence-corrected chi connectivity index (χ0v) is 15.7. The van der Waals surface area contributed by atoms with E-state index in [0.717, 1.165) is 19.3 Å². The van der Waals surface area contributed by atoms with Crippen LogP contribution in [0.25, 0.3) is 0 Å². The molecule has 4 unspecified atom stereocenters. The van der Waals surface area contributed by atoms with Gasteiger partial charge < -0.3 is 11.1 Å². The average Bonchev–Trinajstić information content (AvgIpc) is 3.23. The number of nitrogens with one attached hydrogen (secondary N) is 2. The van der Waals surface area contributed by atoms with E-state index >= 15 is 0 Å². The normalized spacial score (nSPS) is 26.7. The van der Waals surface area contributed by atoms with Crippen LogP contribution in [0, 0.1) is 17.8 Å². The monoisotopic (exact) mass is 385 g/mol. The van der Waals surface area contributed by atoms with Gasteiger partial charge in [0.1, 0.15) is 0 Å². The summed E-state index contributed by atoms with van der Waals surface area (Å²) in [5, 5.41) is 2.91. The second kappa shape index (κ2) is 6.98. The fraction of sp³-hybridized carbons (Fsp3) is 0.350. The molecule has 0 radical (unpaired) electrons. The highest BCUT2D eigenvalue weighted by Gasteiger charge is 2.49. The van der Waals surface area contributed by atoms with Crippen molar-refractivity contribution in [2.45, 2.75) is 30.2 Å². The summed E-state index contributed by atoms with van der Waals surface area (Å²) in [5.41, 5.74) is 7.20. The molecule has 4 rings (SSSR count). The zero-order valence-electron chi connectivity index (χ0n) is 14.8. The number of benzene rings is 2. The second-order valence-corrected chi connectivity index (χ2v) is 9.11. The Kier molecular flexibility index (Phi) is 4.65. The van der Waals surface area contributed by atoms with E-state index in [9.17, 15) is 13.2 Å². The molecule has 2 aromatic carbocycles. The summed E-state index contributed by atoms with van der Waals surface area (Å²) in [6.45, 7) is 0. The quantitative estimate of drug-likeness (QED) is 0.736. The molecule has 0 saturated heterocycles. The summed E-state index contributed by atoms with van der Waals surface area (Å²) in [6.07, 6.45) is 3.22. The van der Waals surface area contributed by atoms with Crippen LogP contribution in [0.1, 0.15) is 19.3 Å². The van der Waals surface area contributed by atoms with Gasteiger partial charge >= 0.3 is 0 Å². The van der Waals surface area contributed by atoms with E-state index in [0.29, 0.717) is 23.2 Å². The third-order valence-corrected chi connectivity index (χ3v) is 7.12. The third kappa shape index (κ3) is 3.57. The van der Waals surface area contributed by atoms with Gasteiger partial charge in [0, 0.05) is 11.7 Å². The molecule has 2 aliphatic rings. The van der Waals surface area contributed by atoms with Crippen LogP contribution in [-0.2, 0) is 14.8 Å². The van der Waals surface area contributed by atoms with Crippen molar-refractivity contribution in [1.29, 1.82) is 0 Å². The third-order valence-electron chi connectivity index (χ3n) is 5.72. The van der Waals surface area contributed by atoms with Crippen LogP contribution in [0.15, 0.2) is 59.5 Å². The number of sulfonamides is 1. The Morgan fingerprint density at radius 3 is 2.37 bits per heavy atom. The maximum absolute atomic E-state index is 12.7. The number of amides is 1. The van der Waals surface area contributed by atoms with Gasteiger partial charge in [0.15, 0.2) is 0 Å². The Bertz CT molecular complexity index is 944. The Hall–Kier alpha value is -2.38. The lowest BCUT2D eigenvalue weighted by molar-refractivity contribution is -0.121. The highest BCUT2D eigenvalue weighted by atomic mass is 32.2. The Morgan fingerprint density at radius 2 is 1.67 bits per heavy atom. The predicted molar refractivity (Wildman–Crippen MR) is 105 cm³/mol. The Morgan fingerprint density at radius 1 is 0.963 bits per heavy atom.